The summed E-state index contributed by atoms with van der Waals surface area (Å²) < 4.78 is 5.92. The summed E-state index contributed by atoms with van der Waals surface area (Å²) in [5.74, 6) is 1.08. The molecule has 1 unspecified atom stereocenters. The van der Waals surface area contributed by atoms with Gasteiger partial charge in [-0.3, -0.25) is 9.59 Å². The predicted octanol–water partition coefficient (Wildman–Crippen LogP) is 2.91. The maximum absolute atomic E-state index is 12.6. The third-order valence-electron chi connectivity index (χ3n) is 4.98. The number of hydrogen-bond acceptors (Lipinski definition) is 4. The molecule has 6 nitrogen and oxygen atoms in total. The van der Waals surface area contributed by atoms with E-state index in [9.17, 15) is 9.59 Å². The van der Waals surface area contributed by atoms with Crippen LogP contribution in [0.3, 0.4) is 0 Å². The largest absolute Gasteiger partial charge is 0.477 e. The average molecular weight is 359 g/mol. The van der Waals surface area contributed by atoms with E-state index >= 15 is 0 Å². The lowest BCUT2D eigenvalue weighted by Crippen LogP contribution is -2.38. The normalized spacial score (nSPS) is 17.6. The molecule has 3 rings (SSSR count). The van der Waals surface area contributed by atoms with Gasteiger partial charge < -0.3 is 15.8 Å². The van der Waals surface area contributed by atoms with Crippen LogP contribution in [0.2, 0.25) is 0 Å². The molecule has 2 aliphatic rings. The number of unbranched alkanes of at least 4 members (excludes halogenated alkanes) is 1. The number of hydrogen-bond donors (Lipinski definition) is 2. The summed E-state index contributed by atoms with van der Waals surface area (Å²) in [6, 6.07) is 3.48. The summed E-state index contributed by atoms with van der Waals surface area (Å²) in [7, 11) is 0. The van der Waals surface area contributed by atoms with Crippen molar-refractivity contribution >= 4 is 11.8 Å². The van der Waals surface area contributed by atoms with Gasteiger partial charge in [0, 0.05) is 18.0 Å². The minimum absolute atomic E-state index is 0.150. The van der Waals surface area contributed by atoms with E-state index in [2.05, 4.69) is 17.2 Å². The quantitative estimate of drug-likeness (QED) is 0.635. The van der Waals surface area contributed by atoms with Gasteiger partial charge in [0.05, 0.1) is 6.61 Å². The van der Waals surface area contributed by atoms with Gasteiger partial charge in [0.1, 0.15) is 5.69 Å². The number of pyridine rings is 1. The zero-order valence-electron chi connectivity index (χ0n) is 15.5. The fourth-order valence-electron chi connectivity index (χ4n) is 3.06. The molecule has 1 heterocycles. The third-order valence-corrected chi connectivity index (χ3v) is 4.98. The van der Waals surface area contributed by atoms with E-state index in [4.69, 9.17) is 10.5 Å². The summed E-state index contributed by atoms with van der Waals surface area (Å²) in [6.07, 6.45) is 7.56. The molecule has 1 aromatic rings. The highest BCUT2D eigenvalue weighted by Crippen LogP contribution is 2.44. The summed E-state index contributed by atoms with van der Waals surface area (Å²) in [6.45, 7) is 2.75. The minimum atomic E-state index is -0.406. The van der Waals surface area contributed by atoms with Gasteiger partial charge in [-0.15, -0.1) is 0 Å². The fraction of sp³-hybridized carbons (Fsp3) is 0.650. The van der Waals surface area contributed by atoms with Crippen LogP contribution in [0, 0.1) is 5.92 Å². The zero-order chi connectivity index (χ0) is 18.5. The van der Waals surface area contributed by atoms with E-state index in [1.165, 1.54) is 12.8 Å². The Balaban J connectivity index is 1.68. The second kappa shape index (κ2) is 8.52. The summed E-state index contributed by atoms with van der Waals surface area (Å²) in [5, 5.41) is 2.91. The molecule has 2 saturated carbocycles. The first kappa shape index (κ1) is 18.7. The van der Waals surface area contributed by atoms with Gasteiger partial charge in [-0.25, -0.2) is 4.98 Å². The molecule has 0 spiro atoms. The van der Waals surface area contributed by atoms with Gasteiger partial charge >= 0.3 is 0 Å². The molecule has 0 bridgehead atoms. The first-order chi connectivity index (χ1) is 12.6. The average Bonchev–Trinajstić information content (AvgIpc) is 3.50. The standard InChI is InChI=1S/C20H29N3O3/c1-2-3-4-15(11-18(21)24)22-19(25)17-10-9-16(14-7-8-14)20(23-17)26-12-13-5-6-13/h9-10,13-15H,2-8,11-12H2,1H3,(H2,21,24)(H,22,25). The molecule has 2 fully saturated rings. The Kier molecular flexibility index (Phi) is 6.12. The fourth-order valence-corrected chi connectivity index (χ4v) is 3.06. The van der Waals surface area contributed by atoms with Crippen LogP contribution >= 0.6 is 0 Å². The first-order valence-electron chi connectivity index (χ1n) is 9.79. The van der Waals surface area contributed by atoms with E-state index in [-0.39, 0.29) is 18.4 Å². The van der Waals surface area contributed by atoms with Crippen molar-refractivity contribution in [3.8, 4) is 5.88 Å². The Morgan fingerprint density at radius 3 is 2.69 bits per heavy atom. The molecule has 3 N–H and O–H groups in total. The van der Waals surface area contributed by atoms with Crippen molar-refractivity contribution in [2.24, 2.45) is 11.7 Å². The monoisotopic (exact) mass is 359 g/mol. The van der Waals surface area contributed by atoms with Crippen LogP contribution in [0.4, 0.5) is 0 Å². The third kappa shape index (κ3) is 5.44. The van der Waals surface area contributed by atoms with Gasteiger partial charge in [0.2, 0.25) is 11.8 Å². The van der Waals surface area contributed by atoms with Crippen molar-refractivity contribution in [2.45, 2.75) is 70.3 Å². The van der Waals surface area contributed by atoms with Crippen molar-refractivity contribution in [1.29, 1.82) is 0 Å². The van der Waals surface area contributed by atoms with Gasteiger partial charge in [-0.1, -0.05) is 25.8 Å². The van der Waals surface area contributed by atoms with E-state index in [0.29, 0.717) is 30.0 Å². The predicted molar refractivity (Wildman–Crippen MR) is 99.0 cm³/mol. The molecular formula is C20H29N3O3. The highest BCUT2D eigenvalue weighted by molar-refractivity contribution is 5.93. The van der Waals surface area contributed by atoms with Crippen molar-refractivity contribution in [3.63, 3.8) is 0 Å². The number of aromatic nitrogens is 1. The number of rotatable bonds is 11. The van der Waals surface area contributed by atoms with Crippen LogP contribution in [-0.2, 0) is 4.79 Å². The first-order valence-corrected chi connectivity index (χ1v) is 9.79. The Morgan fingerprint density at radius 1 is 1.31 bits per heavy atom. The van der Waals surface area contributed by atoms with Crippen LogP contribution in [0.25, 0.3) is 0 Å². The van der Waals surface area contributed by atoms with Gasteiger partial charge in [-0.2, -0.15) is 0 Å². The number of carbonyl (C=O) groups excluding carboxylic acids is 2. The van der Waals surface area contributed by atoms with Gasteiger partial charge in [0.25, 0.3) is 5.91 Å². The van der Waals surface area contributed by atoms with Crippen LogP contribution in [0.5, 0.6) is 5.88 Å². The second-order valence-corrected chi connectivity index (χ2v) is 7.60. The highest BCUT2D eigenvalue weighted by Gasteiger charge is 2.30. The Morgan fingerprint density at radius 2 is 2.08 bits per heavy atom. The molecule has 1 aromatic heterocycles. The molecule has 0 aromatic carbocycles. The minimum Gasteiger partial charge on any atom is -0.477 e. The van der Waals surface area contributed by atoms with Crippen molar-refractivity contribution in [1.82, 2.24) is 10.3 Å². The molecule has 1 atom stereocenters. The smallest absolute Gasteiger partial charge is 0.270 e. The molecule has 0 radical (unpaired) electrons. The number of ether oxygens (including phenoxy) is 1. The zero-order valence-corrected chi connectivity index (χ0v) is 15.5. The Hall–Kier alpha value is -2.11. The van der Waals surface area contributed by atoms with Gasteiger partial charge in [-0.05, 0) is 50.0 Å². The van der Waals surface area contributed by atoms with E-state index in [1.54, 1.807) is 6.07 Å². The molecule has 6 heteroatoms. The maximum atomic E-state index is 12.6. The summed E-state index contributed by atoms with van der Waals surface area (Å²) >= 11 is 0. The van der Waals surface area contributed by atoms with Crippen molar-refractivity contribution < 1.29 is 14.3 Å². The maximum Gasteiger partial charge on any atom is 0.270 e. The lowest BCUT2D eigenvalue weighted by atomic mass is 10.1. The van der Waals surface area contributed by atoms with E-state index < -0.39 is 5.91 Å². The van der Waals surface area contributed by atoms with E-state index in [0.717, 1.165) is 37.7 Å². The van der Waals surface area contributed by atoms with Crippen LogP contribution in [-0.4, -0.2) is 29.4 Å². The van der Waals surface area contributed by atoms with Crippen LogP contribution < -0.4 is 15.8 Å². The van der Waals surface area contributed by atoms with Gasteiger partial charge in [0.15, 0.2) is 0 Å². The Bertz CT molecular complexity index is 654. The number of nitrogens with two attached hydrogens (primary N) is 1. The highest BCUT2D eigenvalue weighted by atomic mass is 16.5. The molecular weight excluding hydrogens is 330 g/mol. The summed E-state index contributed by atoms with van der Waals surface area (Å²) in [5.41, 5.74) is 6.76. The molecule has 0 saturated heterocycles. The number of amides is 2. The lowest BCUT2D eigenvalue weighted by Gasteiger charge is -2.17. The van der Waals surface area contributed by atoms with Crippen LogP contribution in [0.15, 0.2) is 12.1 Å². The topological polar surface area (TPSA) is 94.3 Å². The lowest BCUT2D eigenvalue weighted by molar-refractivity contribution is -0.118. The van der Waals surface area contributed by atoms with E-state index in [1.807, 2.05) is 6.07 Å². The molecule has 0 aliphatic heterocycles. The van der Waals surface area contributed by atoms with Crippen molar-refractivity contribution in [3.05, 3.63) is 23.4 Å². The number of primary amides is 1. The number of nitrogens with one attached hydrogen (secondary N) is 1. The Labute approximate surface area is 154 Å². The van der Waals surface area contributed by atoms with Crippen molar-refractivity contribution in [2.75, 3.05) is 6.61 Å². The molecule has 2 amide bonds. The SMILES string of the molecule is CCCCC(CC(N)=O)NC(=O)c1ccc(C2CC2)c(OCC2CC2)n1. The number of carbonyl (C=O) groups is 2. The van der Waals surface area contributed by atoms with Crippen LogP contribution in [0.1, 0.15) is 80.3 Å². The second-order valence-electron chi connectivity index (χ2n) is 7.60. The summed E-state index contributed by atoms with van der Waals surface area (Å²) in [4.78, 5) is 28.4. The molecule has 26 heavy (non-hydrogen) atoms. The number of nitrogens with zero attached hydrogens (tertiary/aromatic N) is 1. The molecule has 2 aliphatic carbocycles. The molecule has 142 valence electrons.